The van der Waals surface area contributed by atoms with E-state index in [1.54, 1.807) is 24.3 Å². The first-order valence-corrected chi connectivity index (χ1v) is 4.92. The molecule has 0 saturated carbocycles. The molecule has 1 aromatic carbocycles. The van der Waals surface area contributed by atoms with Gasteiger partial charge in [-0.15, -0.1) is 0 Å². The first-order chi connectivity index (χ1) is 7.24. The number of hydrogen-bond acceptors (Lipinski definition) is 3. The van der Waals surface area contributed by atoms with E-state index in [9.17, 15) is 9.90 Å². The van der Waals surface area contributed by atoms with E-state index in [4.69, 9.17) is 0 Å². The van der Waals surface area contributed by atoms with Crippen LogP contribution in [0, 0.1) is 0 Å². The highest BCUT2D eigenvalue weighted by Gasteiger charge is 2.05. The average molecular weight is 208 g/mol. The molecule has 4 heteroatoms. The summed E-state index contributed by atoms with van der Waals surface area (Å²) in [7, 11) is 1.83. The number of para-hydroxylation sites is 1. The van der Waals surface area contributed by atoms with Crippen LogP contribution in [-0.2, 0) is 11.2 Å². The highest BCUT2D eigenvalue weighted by Crippen LogP contribution is 2.15. The van der Waals surface area contributed by atoms with Crippen LogP contribution in [0.3, 0.4) is 0 Å². The Morgan fingerprint density at radius 1 is 1.33 bits per heavy atom. The fourth-order valence-electron chi connectivity index (χ4n) is 1.22. The molecule has 1 amide bonds. The number of carbonyl (C=O) groups is 1. The van der Waals surface area contributed by atoms with Gasteiger partial charge in [0.05, 0.1) is 6.42 Å². The third-order valence-electron chi connectivity index (χ3n) is 2.04. The van der Waals surface area contributed by atoms with E-state index < -0.39 is 0 Å². The van der Waals surface area contributed by atoms with Crippen molar-refractivity contribution in [2.24, 2.45) is 0 Å². The van der Waals surface area contributed by atoms with E-state index >= 15 is 0 Å². The number of likely N-dealkylation sites (N-methyl/N-ethyl adjacent to an activating group) is 1. The Kier molecular flexibility index (Phi) is 4.63. The van der Waals surface area contributed by atoms with E-state index in [0.29, 0.717) is 12.1 Å². The van der Waals surface area contributed by atoms with Gasteiger partial charge in [-0.2, -0.15) is 0 Å². The smallest absolute Gasteiger partial charge is 0.224 e. The van der Waals surface area contributed by atoms with Crippen LogP contribution in [-0.4, -0.2) is 31.2 Å². The molecule has 3 N–H and O–H groups in total. The molecule has 0 aliphatic rings. The summed E-state index contributed by atoms with van der Waals surface area (Å²) in [6.45, 7) is 1.34. The molecule has 0 aliphatic heterocycles. The highest BCUT2D eigenvalue weighted by molar-refractivity contribution is 5.79. The zero-order valence-corrected chi connectivity index (χ0v) is 8.79. The zero-order chi connectivity index (χ0) is 11.1. The fraction of sp³-hybridized carbons (Fsp3) is 0.364. The second-order valence-electron chi connectivity index (χ2n) is 3.26. The lowest BCUT2D eigenvalue weighted by molar-refractivity contribution is -0.120. The van der Waals surface area contributed by atoms with Crippen LogP contribution in [0.5, 0.6) is 5.75 Å². The maximum absolute atomic E-state index is 11.4. The molecule has 0 unspecified atom stereocenters. The first kappa shape index (κ1) is 11.5. The quantitative estimate of drug-likeness (QED) is 0.609. The minimum Gasteiger partial charge on any atom is -0.508 e. The summed E-state index contributed by atoms with van der Waals surface area (Å²) in [6.07, 6.45) is 0.219. The molecule has 15 heavy (non-hydrogen) atoms. The third kappa shape index (κ3) is 3.99. The van der Waals surface area contributed by atoms with Gasteiger partial charge in [0.2, 0.25) is 5.91 Å². The van der Waals surface area contributed by atoms with E-state index in [-0.39, 0.29) is 18.1 Å². The standard InChI is InChI=1S/C11H16N2O2/c1-12-6-7-13-11(15)8-9-4-2-3-5-10(9)14/h2-5,12,14H,6-8H2,1H3,(H,13,15). The van der Waals surface area contributed by atoms with Crippen LogP contribution in [0.25, 0.3) is 0 Å². The van der Waals surface area contributed by atoms with Gasteiger partial charge in [0, 0.05) is 18.7 Å². The summed E-state index contributed by atoms with van der Waals surface area (Å²) in [5, 5.41) is 15.1. The molecule has 0 saturated heterocycles. The molecule has 1 aromatic rings. The van der Waals surface area contributed by atoms with Crippen LogP contribution in [0.15, 0.2) is 24.3 Å². The Morgan fingerprint density at radius 2 is 2.07 bits per heavy atom. The molecule has 0 spiro atoms. The van der Waals surface area contributed by atoms with Crippen LogP contribution in [0.4, 0.5) is 0 Å². The lowest BCUT2D eigenvalue weighted by Gasteiger charge is -2.05. The highest BCUT2D eigenvalue weighted by atomic mass is 16.3. The number of phenolic OH excluding ortho intramolecular Hbond substituents is 1. The van der Waals surface area contributed by atoms with Gasteiger partial charge in [0.1, 0.15) is 5.75 Å². The SMILES string of the molecule is CNCCNC(=O)Cc1ccccc1O. The van der Waals surface area contributed by atoms with Crippen molar-refractivity contribution in [3.8, 4) is 5.75 Å². The van der Waals surface area contributed by atoms with E-state index in [1.165, 1.54) is 0 Å². The summed E-state index contributed by atoms with van der Waals surface area (Å²) in [6, 6.07) is 6.86. The molecule has 0 aromatic heterocycles. The zero-order valence-electron chi connectivity index (χ0n) is 8.79. The number of aromatic hydroxyl groups is 1. The second-order valence-corrected chi connectivity index (χ2v) is 3.26. The average Bonchev–Trinajstić information content (AvgIpc) is 2.22. The summed E-state index contributed by atoms with van der Waals surface area (Å²) >= 11 is 0. The molecule has 0 heterocycles. The van der Waals surface area contributed by atoms with Crippen molar-refractivity contribution < 1.29 is 9.90 Å². The van der Waals surface area contributed by atoms with Gasteiger partial charge in [-0.05, 0) is 13.1 Å². The summed E-state index contributed by atoms with van der Waals surface area (Å²) in [4.78, 5) is 11.4. The monoisotopic (exact) mass is 208 g/mol. The lowest BCUT2D eigenvalue weighted by atomic mass is 10.1. The van der Waals surface area contributed by atoms with E-state index in [1.807, 2.05) is 7.05 Å². The number of carbonyl (C=O) groups excluding carboxylic acids is 1. The van der Waals surface area contributed by atoms with Crippen molar-refractivity contribution in [2.75, 3.05) is 20.1 Å². The topological polar surface area (TPSA) is 61.4 Å². The number of phenols is 1. The molecule has 0 bridgehead atoms. The molecule has 4 nitrogen and oxygen atoms in total. The Balaban J connectivity index is 2.41. The Bertz CT molecular complexity index is 326. The normalized spacial score (nSPS) is 9.93. The molecule has 0 aliphatic carbocycles. The lowest BCUT2D eigenvalue weighted by Crippen LogP contribution is -2.31. The van der Waals surface area contributed by atoms with Gasteiger partial charge < -0.3 is 15.7 Å². The number of nitrogens with one attached hydrogen (secondary N) is 2. The predicted octanol–water partition coefficient (Wildman–Crippen LogP) is 0.270. The van der Waals surface area contributed by atoms with Gasteiger partial charge in [0.25, 0.3) is 0 Å². The molecule has 1 rings (SSSR count). The maximum Gasteiger partial charge on any atom is 0.224 e. The summed E-state index contributed by atoms with van der Waals surface area (Å²) in [5.74, 6) is 0.0908. The van der Waals surface area contributed by atoms with Crippen molar-refractivity contribution in [1.82, 2.24) is 10.6 Å². The molecule has 82 valence electrons. The number of amides is 1. The molecule has 0 fully saturated rings. The van der Waals surface area contributed by atoms with Crippen molar-refractivity contribution in [3.05, 3.63) is 29.8 Å². The number of hydrogen-bond donors (Lipinski definition) is 3. The van der Waals surface area contributed by atoms with E-state index in [0.717, 1.165) is 6.54 Å². The molecule has 0 atom stereocenters. The predicted molar refractivity (Wildman–Crippen MR) is 58.7 cm³/mol. The third-order valence-corrected chi connectivity index (χ3v) is 2.04. The number of rotatable bonds is 5. The van der Waals surface area contributed by atoms with Crippen molar-refractivity contribution in [3.63, 3.8) is 0 Å². The summed E-state index contributed by atoms with van der Waals surface area (Å²) in [5.41, 5.74) is 0.652. The van der Waals surface area contributed by atoms with Crippen LogP contribution < -0.4 is 10.6 Å². The summed E-state index contributed by atoms with van der Waals surface area (Å²) < 4.78 is 0. The molecule has 0 radical (unpaired) electrons. The van der Waals surface area contributed by atoms with Gasteiger partial charge >= 0.3 is 0 Å². The van der Waals surface area contributed by atoms with Gasteiger partial charge in [-0.25, -0.2) is 0 Å². The van der Waals surface area contributed by atoms with Crippen molar-refractivity contribution in [2.45, 2.75) is 6.42 Å². The minimum atomic E-state index is -0.0771. The minimum absolute atomic E-state index is 0.0771. The van der Waals surface area contributed by atoms with Gasteiger partial charge in [-0.3, -0.25) is 4.79 Å². The Labute approximate surface area is 89.3 Å². The maximum atomic E-state index is 11.4. The van der Waals surface area contributed by atoms with Crippen LogP contribution >= 0.6 is 0 Å². The molecular weight excluding hydrogens is 192 g/mol. The largest absolute Gasteiger partial charge is 0.508 e. The van der Waals surface area contributed by atoms with Crippen LogP contribution in [0.2, 0.25) is 0 Å². The van der Waals surface area contributed by atoms with Crippen LogP contribution in [0.1, 0.15) is 5.56 Å². The first-order valence-electron chi connectivity index (χ1n) is 4.92. The second kappa shape index (κ2) is 6.03. The Hall–Kier alpha value is -1.55. The van der Waals surface area contributed by atoms with Crippen molar-refractivity contribution in [1.29, 1.82) is 0 Å². The van der Waals surface area contributed by atoms with Crippen molar-refractivity contribution >= 4 is 5.91 Å². The van der Waals surface area contributed by atoms with Gasteiger partial charge in [-0.1, -0.05) is 18.2 Å². The Morgan fingerprint density at radius 3 is 2.73 bits per heavy atom. The van der Waals surface area contributed by atoms with Gasteiger partial charge in [0.15, 0.2) is 0 Å². The molecular formula is C11H16N2O2. The van der Waals surface area contributed by atoms with E-state index in [2.05, 4.69) is 10.6 Å². The number of benzene rings is 1. The fourth-order valence-corrected chi connectivity index (χ4v) is 1.22.